The maximum absolute atomic E-state index is 9.28. The van der Waals surface area contributed by atoms with Gasteiger partial charge in [-0.25, -0.2) is 0 Å². The zero-order valence-corrected chi connectivity index (χ0v) is 10.4. The lowest BCUT2D eigenvalue weighted by Gasteiger charge is -2.02. The van der Waals surface area contributed by atoms with Gasteiger partial charge in [-0.15, -0.1) is 0 Å². The molecule has 18 heavy (non-hydrogen) atoms. The van der Waals surface area contributed by atoms with Gasteiger partial charge >= 0.3 is 0 Å². The predicted molar refractivity (Wildman–Crippen MR) is 74.0 cm³/mol. The van der Waals surface area contributed by atoms with Gasteiger partial charge in [0, 0.05) is 5.02 Å². The minimum Gasteiger partial charge on any atom is -0.508 e. The van der Waals surface area contributed by atoms with Crippen molar-refractivity contribution < 1.29 is 5.11 Å². The summed E-state index contributed by atoms with van der Waals surface area (Å²) in [6.45, 7) is 0.564. The molecule has 2 N–H and O–H groups in total. The molecule has 0 aliphatic rings. The van der Waals surface area contributed by atoms with Crippen molar-refractivity contribution in [3.8, 4) is 5.75 Å². The second-order valence-corrected chi connectivity index (χ2v) is 4.19. The van der Waals surface area contributed by atoms with Crippen molar-refractivity contribution in [2.24, 2.45) is 5.10 Å². The maximum atomic E-state index is 9.28. The summed E-state index contributed by atoms with van der Waals surface area (Å²) in [5, 5.41) is 14.1. The van der Waals surface area contributed by atoms with Crippen LogP contribution < -0.4 is 5.43 Å². The highest BCUT2D eigenvalue weighted by Gasteiger charge is 1.96. The molecule has 0 aliphatic carbocycles. The van der Waals surface area contributed by atoms with Crippen LogP contribution in [0.25, 0.3) is 0 Å². The van der Waals surface area contributed by atoms with Crippen LogP contribution in [-0.4, -0.2) is 11.3 Å². The molecular weight excluding hydrogens is 248 g/mol. The van der Waals surface area contributed by atoms with Crippen LogP contribution in [0.15, 0.2) is 53.6 Å². The van der Waals surface area contributed by atoms with Crippen LogP contribution >= 0.6 is 11.6 Å². The normalized spacial score (nSPS) is 10.7. The zero-order chi connectivity index (χ0) is 12.8. The maximum Gasteiger partial charge on any atom is 0.116 e. The Hall–Kier alpha value is -2.00. The van der Waals surface area contributed by atoms with Crippen molar-refractivity contribution in [1.82, 2.24) is 5.43 Å². The molecule has 0 aromatic heterocycles. The molecule has 0 aliphatic heterocycles. The minimum absolute atomic E-state index is 0.227. The number of nitrogens with one attached hydrogen (secondary N) is 1. The van der Waals surface area contributed by atoms with Gasteiger partial charge in [-0.05, 0) is 29.3 Å². The number of benzene rings is 2. The SMILES string of the molecule is Oc1cccc(/C=N\NCc2ccccc2Cl)c1. The summed E-state index contributed by atoms with van der Waals surface area (Å²) in [6, 6.07) is 14.5. The van der Waals surface area contributed by atoms with Crippen molar-refractivity contribution in [1.29, 1.82) is 0 Å². The summed E-state index contributed by atoms with van der Waals surface area (Å²) in [4.78, 5) is 0. The van der Waals surface area contributed by atoms with Gasteiger partial charge in [0.2, 0.25) is 0 Å². The molecule has 0 fully saturated rings. The van der Waals surface area contributed by atoms with E-state index >= 15 is 0 Å². The van der Waals surface area contributed by atoms with E-state index in [2.05, 4.69) is 10.5 Å². The Morgan fingerprint density at radius 3 is 2.78 bits per heavy atom. The molecule has 2 aromatic carbocycles. The molecule has 0 atom stereocenters. The van der Waals surface area contributed by atoms with Crippen LogP contribution in [0.3, 0.4) is 0 Å². The Kier molecular flexibility index (Phi) is 4.20. The first kappa shape index (κ1) is 12.5. The number of hydrogen-bond donors (Lipinski definition) is 2. The molecule has 0 heterocycles. The Morgan fingerprint density at radius 1 is 1.17 bits per heavy atom. The van der Waals surface area contributed by atoms with Gasteiger partial charge in [-0.3, -0.25) is 0 Å². The van der Waals surface area contributed by atoms with E-state index in [0.29, 0.717) is 6.54 Å². The number of aromatic hydroxyl groups is 1. The average molecular weight is 261 g/mol. The summed E-state index contributed by atoms with van der Waals surface area (Å²) < 4.78 is 0. The smallest absolute Gasteiger partial charge is 0.116 e. The van der Waals surface area contributed by atoms with Gasteiger partial charge in [-0.2, -0.15) is 5.10 Å². The van der Waals surface area contributed by atoms with Crippen LogP contribution in [0, 0.1) is 0 Å². The quantitative estimate of drug-likeness (QED) is 0.655. The minimum atomic E-state index is 0.227. The number of rotatable bonds is 4. The van der Waals surface area contributed by atoms with Crippen molar-refractivity contribution in [2.45, 2.75) is 6.54 Å². The van der Waals surface area contributed by atoms with Gasteiger partial charge in [0.1, 0.15) is 5.75 Å². The molecule has 0 amide bonds. The number of phenolic OH excluding ortho intramolecular Hbond substituents is 1. The van der Waals surface area contributed by atoms with Gasteiger partial charge in [0.25, 0.3) is 0 Å². The molecule has 2 rings (SSSR count). The first-order valence-corrected chi connectivity index (χ1v) is 5.92. The standard InChI is InChI=1S/C14H13ClN2O/c15-14-7-2-1-5-12(14)10-17-16-9-11-4-3-6-13(18)8-11/h1-9,17-18H,10H2/b16-9-. The summed E-state index contributed by atoms with van der Waals surface area (Å²) in [7, 11) is 0. The van der Waals surface area contributed by atoms with Crippen molar-refractivity contribution in [2.75, 3.05) is 0 Å². The molecule has 0 radical (unpaired) electrons. The van der Waals surface area contributed by atoms with Crippen LogP contribution in [0.1, 0.15) is 11.1 Å². The van der Waals surface area contributed by atoms with Gasteiger partial charge < -0.3 is 10.5 Å². The molecule has 0 unspecified atom stereocenters. The molecule has 92 valence electrons. The van der Waals surface area contributed by atoms with Crippen molar-refractivity contribution in [3.63, 3.8) is 0 Å². The van der Waals surface area contributed by atoms with E-state index in [1.54, 1.807) is 24.4 Å². The number of hydrazone groups is 1. The van der Waals surface area contributed by atoms with E-state index in [1.807, 2.05) is 30.3 Å². The second kappa shape index (κ2) is 6.07. The van der Waals surface area contributed by atoms with Crippen LogP contribution in [-0.2, 0) is 6.54 Å². The van der Waals surface area contributed by atoms with E-state index < -0.39 is 0 Å². The van der Waals surface area contributed by atoms with E-state index in [0.717, 1.165) is 16.1 Å². The number of hydrogen-bond acceptors (Lipinski definition) is 3. The molecular formula is C14H13ClN2O. The fraction of sp³-hybridized carbons (Fsp3) is 0.0714. The molecule has 4 heteroatoms. The number of halogens is 1. The highest BCUT2D eigenvalue weighted by Crippen LogP contribution is 2.14. The van der Waals surface area contributed by atoms with Crippen LogP contribution in [0.5, 0.6) is 5.75 Å². The summed E-state index contributed by atoms with van der Waals surface area (Å²) in [6.07, 6.45) is 1.65. The summed E-state index contributed by atoms with van der Waals surface area (Å²) in [5.41, 5.74) is 4.74. The molecule has 0 saturated heterocycles. The molecule has 3 nitrogen and oxygen atoms in total. The third-order valence-corrected chi connectivity index (χ3v) is 2.77. The average Bonchev–Trinajstić information content (AvgIpc) is 2.37. The van der Waals surface area contributed by atoms with Gasteiger partial charge in [0.15, 0.2) is 0 Å². The van der Waals surface area contributed by atoms with E-state index in [4.69, 9.17) is 11.6 Å². The molecule has 0 spiro atoms. The Bertz CT molecular complexity index is 555. The van der Waals surface area contributed by atoms with Crippen molar-refractivity contribution in [3.05, 3.63) is 64.7 Å². The number of phenols is 1. The Balaban J connectivity index is 1.91. The predicted octanol–water partition coefficient (Wildman–Crippen LogP) is 3.17. The fourth-order valence-corrected chi connectivity index (χ4v) is 1.70. The summed E-state index contributed by atoms with van der Waals surface area (Å²) in [5.74, 6) is 0.227. The lowest BCUT2D eigenvalue weighted by molar-refractivity contribution is 0.475. The summed E-state index contributed by atoms with van der Waals surface area (Å²) >= 11 is 6.02. The van der Waals surface area contributed by atoms with E-state index in [9.17, 15) is 5.11 Å². The molecule has 0 saturated carbocycles. The third-order valence-electron chi connectivity index (χ3n) is 2.40. The third kappa shape index (κ3) is 3.50. The Labute approximate surface area is 111 Å². The molecule has 2 aromatic rings. The lowest BCUT2D eigenvalue weighted by Crippen LogP contribution is -2.05. The monoisotopic (exact) mass is 260 g/mol. The highest BCUT2D eigenvalue weighted by molar-refractivity contribution is 6.31. The van der Waals surface area contributed by atoms with E-state index in [1.165, 1.54) is 0 Å². The van der Waals surface area contributed by atoms with Gasteiger partial charge in [0.05, 0.1) is 12.8 Å². The Morgan fingerprint density at radius 2 is 2.00 bits per heavy atom. The van der Waals surface area contributed by atoms with Gasteiger partial charge in [-0.1, -0.05) is 41.9 Å². The first-order chi connectivity index (χ1) is 8.75. The van der Waals surface area contributed by atoms with Crippen molar-refractivity contribution >= 4 is 17.8 Å². The van der Waals surface area contributed by atoms with Crippen LogP contribution in [0.2, 0.25) is 5.02 Å². The fourth-order valence-electron chi connectivity index (χ4n) is 1.50. The second-order valence-electron chi connectivity index (χ2n) is 3.78. The highest BCUT2D eigenvalue weighted by atomic mass is 35.5. The zero-order valence-electron chi connectivity index (χ0n) is 9.68. The largest absolute Gasteiger partial charge is 0.508 e. The van der Waals surface area contributed by atoms with E-state index in [-0.39, 0.29) is 5.75 Å². The molecule has 0 bridgehead atoms. The topological polar surface area (TPSA) is 44.6 Å². The first-order valence-electron chi connectivity index (χ1n) is 5.54. The van der Waals surface area contributed by atoms with Crippen LogP contribution in [0.4, 0.5) is 0 Å². The number of nitrogens with zero attached hydrogens (tertiary/aromatic N) is 1. The lowest BCUT2D eigenvalue weighted by atomic mass is 10.2.